The highest BCUT2D eigenvalue weighted by Crippen LogP contribution is 2.23. The molecular formula is C11H21NO4S. The zero-order valence-corrected chi connectivity index (χ0v) is 11.5. The molecule has 1 amide bonds. The van der Waals surface area contributed by atoms with Crippen molar-refractivity contribution in [1.29, 1.82) is 0 Å². The van der Waals surface area contributed by atoms with Crippen LogP contribution in [0.15, 0.2) is 0 Å². The SMILES string of the molecule is CC(C)(C(=O)N1CCC(CO)CC1)S(C)(=O)=O. The number of likely N-dealkylation sites (tertiary alicyclic amines) is 1. The molecule has 1 N–H and O–H groups in total. The van der Waals surface area contributed by atoms with Gasteiger partial charge in [-0.3, -0.25) is 4.79 Å². The number of carbonyl (C=O) groups excluding carboxylic acids is 1. The molecule has 0 atom stereocenters. The molecule has 1 fully saturated rings. The lowest BCUT2D eigenvalue weighted by molar-refractivity contribution is -0.134. The zero-order chi connectivity index (χ0) is 13.3. The minimum absolute atomic E-state index is 0.136. The van der Waals surface area contributed by atoms with Crippen molar-refractivity contribution in [3.8, 4) is 0 Å². The standard InChI is InChI=1S/C11H21NO4S/c1-11(2,17(3,15)16)10(14)12-6-4-9(8-13)5-7-12/h9,13H,4-8H2,1-3H3. The lowest BCUT2D eigenvalue weighted by Gasteiger charge is -2.35. The van der Waals surface area contributed by atoms with Crippen LogP contribution in [0.2, 0.25) is 0 Å². The smallest absolute Gasteiger partial charge is 0.243 e. The van der Waals surface area contributed by atoms with Gasteiger partial charge in [0.15, 0.2) is 9.84 Å². The second-order valence-corrected chi connectivity index (χ2v) is 7.77. The molecule has 0 saturated carbocycles. The maximum atomic E-state index is 12.1. The van der Waals surface area contributed by atoms with Gasteiger partial charge in [-0.15, -0.1) is 0 Å². The Hall–Kier alpha value is -0.620. The molecule has 0 spiro atoms. The number of carbonyl (C=O) groups is 1. The molecule has 0 bridgehead atoms. The number of amides is 1. The lowest BCUT2D eigenvalue weighted by atomic mass is 9.97. The molecule has 100 valence electrons. The quantitative estimate of drug-likeness (QED) is 0.780. The van der Waals surface area contributed by atoms with Gasteiger partial charge in [-0.1, -0.05) is 0 Å². The molecule has 0 radical (unpaired) electrons. The van der Waals surface area contributed by atoms with Crippen molar-refractivity contribution < 1.29 is 18.3 Å². The number of nitrogens with zero attached hydrogens (tertiary/aromatic N) is 1. The number of aliphatic hydroxyl groups is 1. The van der Waals surface area contributed by atoms with Crippen LogP contribution in [0, 0.1) is 5.92 Å². The highest BCUT2D eigenvalue weighted by atomic mass is 32.2. The van der Waals surface area contributed by atoms with Gasteiger partial charge in [-0.2, -0.15) is 0 Å². The third kappa shape index (κ3) is 2.98. The normalized spacial score (nSPS) is 19.4. The Labute approximate surface area is 103 Å². The van der Waals surface area contributed by atoms with Crippen LogP contribution in [0.4, 0.5) is 0 Å². The van der Waals surface area contributed by atoms with Gasteiger partial charge in [0.25, 0.3) is 0 Å². The summed E-state index contributed by atoms with van der Waals surface area (Å²) >= 11 is 0. The van der Waals surface area contributed by atoms with E-state index in [-0.39, 0.29) is 18.4 Å². The minimum atomic E-state index is -3.41. The predicted molar refractivity (Wildman–Crippen MR) is 65.3 cm³/mol. The lowest BCUT2D eigenvalue weighted by Crippen LogP contribution is -2.52. The Morgan fingerprint density at radius 2 is 1.82 bits per heavy atom. The van der Waals surface area contributed by atoms with Crippen LogP contribution in [-0.2, 0) is 14.6 Å². The number of hydrogen-bond acceptors (Lipinski definition) is 4. The summed E-state index contributed by atoms with van der Waals surface area (Å²) < 4.78 is 21.8. The van der Waals surface area contributed by atoms with E-state index in [1.807, 2.05) is 0 Å². The van der Waals surface area contributed by atoms with E-state index >= 15 is 0 Å². The van der Waals surface area contributed by atoms with E-state index in [4.69, 9.17) is 5.11 Å². The van der Waals surface area contributed by atoms with Crippen LogP contribution in [-0.4, -0.2) is 55.0 Å². The zero-order valence-electron chi connectivity index (χ0n) is 10.6. The van der Waals surface area contributed by atoms with Gasteiger partial charge in [0.1, 0.15) is 4.75 Å². The van der Waals surface area contributed by atoms with Gasteiger partial charge in [0.05, 0.1) is 0 Å². The maximum absolute atomic E-state index is 12.1. The van der Waals surface area contributed by atoms with Crippen LogP contribution in [0.25, 0.3) is 0 Å². The molecular weight excluding hydrogens is 242 g/mol. The summed E-state index contributed by atoms with van der Waals surface area (Å²) in [5.41, 5.74) is 0. The first-order valence-electron chi connectivity index (χ1n) is 5.80. The first kappa shape index (κ1) is 14.4. The van der Waals surface area contributed by atoms with E-state index in [9.17, 15) is 13.2 Å². The molecule has 0 aromatic rings. The van der Waals surface area contributed by atoms with Gasteiger partial charge in [0, 0.05) is 26.0 Å². The number of sulfone groups is 1. The van der Waals surface area contributed by atoms with E-state index in [2.05, 4.69) is 0 Å². The molecule has 1 rings (SSSR count). The van der Waals surface area contributed by atoms with Crippen molar-refractivity contribution >= 4 is 15.7 Å². The summed E-state index contributed by atoms with van der Waals surface area (Å²) in [4.78, 5) is 13.7. The molecule has 6 heteroatoms. The topological polar surface area (TPSA) is 74.7 Å². The van der Waals surface area contributed by atoms with Crippen molar-refractivity contribution in [2.24, 2.45) is 5.92 Å². The van der Waals surface area contributed by atoms with Crippen molar-refractivity contribution in [3.05, 3.63) is 0 Å². The molecule has 1 aliphatic heterocycles. The third-order valence-electron chi connectivity index (χ3n) is 3.60. The van der Waals surface area contributed by atoms with Crippen LogP contribution in [0.5, 0.6) is 0 Å². The Bertz CT molecular complexity index is 380. The predicted octanol–water partition coefficient (Wildman–Crippen LogP) is 0.0405. The van der Waals surface area contributed by atoms with Crippen LogP contribution >= 0.6 is 0 Å². The molecule has 5 nitrogen and oxygen atoms in total. The summed E-state index contributed by atoms with van der Waals surface area (Å²) in [6.45, 7) is 4.09. The highest BCUT2D eigenvalue weighted by molar-refractivity contribution is 7.92. The minimum Gasteiger partial charge on any atom is -0.396 e. The van der Waals surface area contributed by atoms with Gasteiger partial charge >= 0.3 is 0 Å². The van der Waals surface area contributed by atoms with Crippen molar-refractivity contribution in [2.45, 2.75) is 31.4 Å². The Morgan fingerprint density at radius 1 is 1.35 bits per heavy atom. The highest BCUT2D eigenvalue weighted by Gasteiger charge is 2.41. The summed E-state index contributed by atoms with van der Waals surface area (Å²) in [6, 6.07) is 0. The molecule has 0 unspecified atom stereocenters. The van der Waals surface area contributed by atoms with Crippen molar-refractivity contribution in [3.63, 3.8) is 0 Å². The first-order valence-corrected chi connectivity index (χ1v) is 7.69. The number of piperidine rings is 1. The number of hydrogen-bond donors (Lipinski definition) is 1. The monoisotopic (exact) mass is 263 g/mol. The fourth-order valence-corrected chi connectivity index (χ4v) is 2.30. The fourth-order valence-electron chi connectivity index (χ4n) is 1.86. The third-order valence-corrected chi connectivity index (χ3v) is 5.63. The summed E-state index contributed by atoms with van der Waals surface area (Å²) in [5.74, 6) is -0.100. The van der Waals surface area contributed by atoms with Crippen LogP contribution in [0.3, 0.4) is 0 Å². The second kappa shape index (κ2) is 4.94. The van der Waals surface area contributed by atoms with Gasteiger partial charge < -0.3 is 10.0 Å². The Kier molecular flexibility index (Phi) is 4.19. The Balaban J connectivity index is 2.73. The van der Waals surface area contributed by atoms with Crippen molar-refractivity contribution in [1.82, 2.24) is 4.90 Å². The second-order valence-electron chi connectivity index (χ2n) is 5.20. The summed E-state index contributed by atoms with van der Waals surface area (Å²) in [5, 5.41) is 9.01. The molecule has 0 aromatic carbocycles. The molecule has 0 aromatic heterocycles. The van der Waals surface area contributed by atoms with Gasteiger partial charge in [-0.25, -0.2) is 8.42 Å². The van der Waals surface area contributed by atoms with E-state index < -0.39 is 14.6 Å². The first-order chi connectivity index (χ1) is 7.70. The summed E-state index contributed by atoms with van der Waals surface area (Å²) in [7, 11) is -3.41. The van der Waals surface area contributed by atoms with E-state index in [0.29, 0.717) is 13.1 Å². The molecule has 1 aliphatic rings. The van der Waals surface area contributed by atoms with Crippen LogP contribution < -0.4 is 0 Å². The average molecular weight is 263 g/mol. The average Bonchev–Trinajstić information content (AvgIpc) is 2.26. The van der Waals surface area contributed by atoms with E-state index in [1.54, 1.807) is 4.90 Å². The Morgan fingerprint density at radius 3 is 2.18 bits per heavy atom. The van der Waals surface area contributed by atoms with Gasteiger partial charge in [0.2, 0.25) is 5.91 Å². The van der Waals surface area contributed by atoms with Gasteiger partial charge in [-0.05, 0) is 32.6 Å². The maximum Gasteiger partial charge on any atom is 0.243 e. The van der Waals surface area contributed by atoms with E-state index in [1.165, 1.54) is 13.8 Å². The molecule has 17 heavy (non-hydrogen) atoms. The number of aliphatic hydroxyl groups excluding tert-OH is 1. The fraction of sp³-hybridized carbons (Fsp3) is 0.909. The largest absolute Gasteiger partial charge is 0.396 e. The van der Waals surface area contributed by atoms with Crippen LogP contribution in [0.1, 0.15) is 26.7 Å². The summed E-state index contributed by atoms with van der Waals surface area (Å²) in [6.07, 6.45) is 2.57. The van der Waals surface area contributed by atoms with Crippen molar-refractivity contribution in [2.75, 3.05) is 26.0 Å². The molecule has 1 heterocycles. The number of rotatable bonds is 3. The molecule has 1 saturated heterocycles. The molecule has 0 aliphatic carbocycles. The van der Waals surface area contributed by atoms with E-state index in [0.717, 1.165) is 19.1 Å².